The molecule has 3 amide bonds. The molecule has 0 bridgehead atoms. The van der Waals surface area contributed by atoms with Gasteiger partial charge in [-0.2, -0.15) is 0 Å². The predicted octanol–water partition coefficient (Wildman–Crippen LogP) is -3.95. The number of nitrogens with zero attached hydrogens (tertiary/aromatic N) is 1. The number of nitrogens with one attached hydrogen (secondary N) is 1. The Hall–Kier alpha value is -2.98. The van der Waals surface area contributed by atoms with Crippen molar-refractivity contribution in [3.63, 3.8) is 0 Å². The van der Waals surface area contributed by atoms with Crippen LogP contribution < -0.4 is 16.9 Å². The number of amides is 3. The first kappa shape index (κ1) is 32.0. The molecule has 0 heterocycles. The SMILES string of the molecule is CCC(=O)[C@@H](C=O)[C@@H](OC(C(N)=O)C(C)C(=O)N(NC)C(CCC(=O)O)C(N)=O)[C@H](O)[C@H](O)CO. The third-order valence-electron chi connectivity index (χ3n) is 5.32. The molecule has 35 heavy (non-hydrogen) atoms. The Morgan fingerprint density at radius 1 is 1.11 bits per heavy atom. The number of ketones is 1. The van der Waals surface area contributed by atoms with Crippen molar-refractivity contribution >= 4 is 35.8 Å². The van der Waals surface area contributed by atoms with Gasteiger partial charge in [-0.1, -0.05) is 13.8 Å². The molecule has 0 spiro atoms. The zero-order valence-electron chi connectivity index (χ0n) is 19.7. The molecule has 0 aliphatic rings. The van der Waals surface area contributed by atoms with Crippen molar-refractivity contribution < 1.29 is 53.9 Å². The van der Waals surface area contributed by atoms with Gasteiger partial charge < -0.3 is 41.4 Å². The van der Waals surface area contributed by atoms with E-state index in [4.69, 9.17) is 26.4 Å². The van der Waals surface area contributed by atoms with Crippen LogP contribution in [0.25, 0.3) is 0 Å². The summed E-state index contributed by atoms with van der Waals surface area (Å²) in [7, 11) is 1.23. The van der Waals surface area contributed by atoms with Crippen LogP contribution in [0.15, 0.2) is 0 Å². The van der Waals surface area contributed by atoms with Gasteiger partial charge in [0.05, 0.1) is 12.5 Å². The van der Waals surface area contributed by atoms with E-state index in [1.54, 1.807) is 0 Å². The molecule has 0 rings (SSSR count). The number of hydrazine groups is 1. The molecular weight excluding hydrogens is 472 g/mol. The number of hydrogen-bond donors (Lipinski definition) is 7. The third kappa shape index (κ3) is 8.95. The predicted molar refractivity (Wildman–Crippen MR) is 117 cm³/mol. The van der Waals surface area contributed by atoms with Gasteiger partial charge >= 0.3 is 5.97 Å². The Morgan fingerprint density at radius 3 is 2.06 bits per heavy atom. The summed E-state index contributed by atoms with van der Waals surface area (Å²) in [6, 6.07) is -1.44. The van der Waals surface area contributed by atoms with E-state index in [1.165, 1.54) is 14.0 Å². The van der Waals surface area contributed by atoms with Gasteiger partial charge in [-0.3, -0.25) is 29.0 Å². The molecule has 3 unspecified atom stereocenters. The lowest BCUT2D eigenvalue weighted by Gasteiger charge is -2.36. The van der Waals surface area contributed by atoms with Gasteiger partial charge in [0.25, 0.3) is 0 Å². The van der Waals surface area contributed by atoms with Crippen LogP contribution in [0.1, 0.15) is 33.1 Å². The first-order chi connectivity index (χ1) is 16.3. The standard InChI is InChI=1S/C20H34N4O11/c1-4-12(27)10(7-25)17(15(31)13(28)8-26)35-16(19(22)33)9(2)20(34)24(23-3)11(18(21)32)5-6-14(29)30/h7,9-11,13,15-17,23,26,28,31H,4-6,8H2,1-3H3,(H2,21,32)(H2,22,33)(H,29,30)/t9?,10-,11?,13-,15-,16?,17-/m1/s1. The van der Waals surface area contributed by atoms with Crippen molar-refractivity contribution in [1.29, 1.82) is 0 Å². The number of aldehydes is 1. The van der Waals surface area contributed by atoms with E-state index < -0.39 is 84.8 Å². The molecule has 0 saturated carbocycles. The van der Waals surface area contributed by atoms with Gasteiger partial charge in [-0.15, -0.1) is 0 Å². The van der Waals surface area contributed by atoms with Crippen molar-refractivity contribution in [2.45, 2.75) is 63.6 Å². The summed E-state index contributed by atoms with van der Waals surface area (Å²) in [6.07, 6.45) is -8.63. The Morgan fingerprint density at radius 2 is 1.69 bits per heavy atom. The second-order valence-corrected chi connectivity index (χ2v) is 7.72. The molecule has 0 aliphatic heterocycles. The molecule has 15 nitrogen and oxygen atoms in total. The Balaban J connectivity index is 6.20. The summed E-state index contributed by atoms with van der Waals surface area (Å²) >= 11 is 0. The van der Waals surface area contributed by atoms with Crippen LogP contribution in [-0.4, -0.2) is 105 Å². The zero-order chi connectivity index (χ0) is 27.5. The van der Waals surface area contributed by atoms with E-state index in [9.17, 15) is 39.0 Å². The number of carboxylic acid groups (broad SMARTS) is 1. The Labute approximate surface area is 201 Å². The third-order valence-corrected chi connectivity index (χ3v) is 5.32. The number of ether oxygens (including phenoxy) is 1. The average Bonchev–Trinajstić information content (AvgIpc) is 2.81. The summed E-state index contributed by atoms with van der Waals surface area (Å²) in [4.78, 5) is 71.9. The summed E-state index contributed by atoms with van der Waals surface area (Å²) < 4.78 is 5.46. The van der Waals surface area contributed by atoms with Crippen LogP contribution in [-0.2, 0) is 33.5 Å². The van der Waals surface area contributed by atoms with Crippen molar-refractivity contribution in [3.05, 3.63) is 0 Å². The number of aliphatic carboxylic acids is 1. The zero-order valence-corrected chi connectivity index (χ0v) is 19.7. The topological polar surface area (TPSA) is 260 Å². The van der Waals surface area contributed by atoms with E-state index in [1.807, 2.05) is 0 Å². The van der Waals surface area contributed by atoms with Gasteiger partial charge in [-0.25, -0.2) is 5.43 Å². The maximum Gasteiger partial charge on any atom is 0.303 e. The van der Waals surface area contributed by atoms with Gasteiger partial charge in [0.15, 0.2) is 0 Å². The molecule has 9 N–H and O–H groups in total. The molecule has 200 valence electrons. The molecule has 0 radical (unpaired) electrons. The van der Waals surface area contributed by atoms with Crippen LogP contribution in [0, 0.1) is 11.8 Å². The summed E-state index contributed by atoms with van der Waals surface area (Å²) in [6.45, 7) is 1.58. The van der Waals surface area contributed by atoms with Gasteiger partial charge in [0.2, 0.25) is 17.7 Å². The molecule has 15 heteroatoms. The number of carbonyl (C=O) groups is 6. The largest absolute Gasteiger partial charge is 0.481 e. The molecule has 0 aromatic heterocycles. The lowest BCUT2D eigenvalue weighted by Crippen LogP contribution is -2.58. The number of rotatable bonds is 18. The smallest absolute Gasteiger partial charge is 0.303 e. The van der Waals surface area contributed by atoms with E-state index in [0.717, 1.165) is 6.92 Å². The van der Waals surface area contributed by atoms with E-state index >= 15 is 0 Å². The number of aliphatic hydroxyl groups is 3. The van der Waals surface area contributed by atoms with E-state index in [0.29, 0.717) is 5.01 Å². The van der Waals surface area contributed by atoms with Crippen molar-refractivity contribution in [1.82, 2.24) is 10.4 Å². The van der Waals surface area contributed by atoms with Crippen LogP contribution in [0.2, 0.25) is 0 Å². The fourth-order valence-electron chi connectivity index (χ4n) is 3.30. The lowest BCUT2D eigenvalue weighted by molar-refractivity contribution is -0.176. The van der Waals surface area contributed by atoms with Gasteiger partial charge in [-0.05, 0) is 6.42 Å². The number of Topliss-reactive ketones (excluding diaryl/α,β-unsaturated/α-hetero) is 1. The van der Waals surface area contributed by atoms with Crippen LogP contribution in [0.5, 0.6) is 0 Å². The first-order valence-corrected chi connectivity index (χ1v) is 10.7. The molecule has 7 atom stereocenters. The lowest BCUT2D eigenvalue weighted by atomic mass is 9.90. The van der Waals surface area contributed by atoms with Crippen molar-refractivity contribution in [2.24, 2.45) is 23.3 Å². The fourth-order valence-corrected chi connectivity index (χ4v) is 3.30. The van der Waals surface area contributed by atoms with Crippen LogP contribution in [0.3, 0.4) is 0 Å². The minimum Gasteiger partial charge on any atom is -0.481 e. The second-order valence-electron chi connectivity index (χ2n) is 7.72. The maximum absolute atomic E-state index is 13.1. The van der Waals surface area contributed by atoms with E-state index in [2.05, 4.69) is 5.43 Å². The second kappa shape index (κ2) is 15.1. The first-order valence-electron chi connectivity index (χ1n) is 10.7. The number of nitrogens with two attached hydrogens (primary N) is 2. The van der Waals surface area contributed by atoms with Gasteiger partial charge in [0.1, 0.15) is 48.4 Å². The quantitative estimate of drug-likeness (QED) is 0.0533. The highest BCUT2D eigenvalue weighted by Gasteiger charge is 2.43. The summed E-state index contributed by atoms with van der Waals surface area (Å²) in [5.74, 6) is -8.49. The van der Waals surface area contributed by atoms with Crippen LogP contribution in [0.4, 0.5) is 0 Å². The van der Waals surface area contributed by atoms with Gasteiger partial charge in [0, 0.05) is 19.9 Å². The fraction of sp³-hybridized carbons (Fsp3) is 0.700. The number of hydrogen-bond acceptors (Lipinski definition) is 11. The van der Waals surface area contributed by atoms with Crippen LogP contribution >= 0.6 is 0 Å². The van der Waals surface area contributed by atoms with E-state index in [-0.39, 0.29) is 19.1 Å². The normalized spacial score (nSPS) is 17.2. The minimum absolute atomic E-state index is 0.128. The number of carboxylic acids is 1. The molecule has 0 aliphatic carbocycles. The number of aliphatic hydroxyl groups excluding tert-OH is 3. The number of carbonyl (C=O) groups excluding carboxylic acids is 5. The number of primary amides is 2. The average molecular weight is 507 g/mol. The Bertz CT molecular complexity index is 778. The highest BCUT2D eigenvalue weighted by molar-refractivity contribution is 5.94. The molecule has 0 aromatic rings. The monoisotopic (exact) mass is 506 g/mol. The highest BCUT2D eigenvalue weighted by Crippen LogP contribution is 2.23. The summed E-state index contributed by atoms with van der Waals surface area (Å²) in [5.41, 5.74) is 13.1. The molecule has 0 fully saturated rings. The minimum atomic E-state index is -2.04. The molecular formula is C20H34N4O11. The molecule has 0 saturated heterocycles. The van der Waals surface area contributed by atoms with Crippen molar-refractivity contribution in [2.75, 3.05) is 13.7 Å². The Kier molecular flexibility index (Phi) is 13.8. The van der Waals surface area contributed by atoms with Crippen molar-refractivity contribution in [3.8, 4) is 0 Å². The maximum atomic E-state index is 13.1. The summed E-state index contributed by atoms with van der Waals surface area (Å²) in [5, 5.41) is 39.0. The highest BCUT2D eigenvalue weighted by atomic mass is 16.5. The molecule has 0 aromatic carbocycles.